The van der Waals surface area contributed by atoms with Crippen LogP contribution in [0.5, 0.6) is 0 Å². The van der Waals surface area contributed by atoms with Crippen molar-refractivity contribution in [3.63, 3.8) is 0 Å². The van der Waals surface area contributed by atoms with Crippen LogP contribution in [0.2, 0.25) is 0 Å². The van der Waals surface area contributed by atoms with E-state index in [1.54, 1.807) is 22.7 Å². The summed E-state index contributed by atoms with van der Waals surface area (Å²) in [6, 6.07) is 56.1. The van der Waals surface area contributed by atoms with Crippen LogP contribution in [0, 0.1) is 0 Å². The third-order valence-electron chi connectivity index (χ3n) is 9.85. The molecule has 0 radical (unpaired) electrons. The van der Waals surface area contributed by atoms with Crippen LogP contribution in [0.3, 0.4) is 0 Å². The molecule has 0 fully saturated rings. The van der Waals surface area contributed by atoms with Gasteiger partial charge in [0.15, 0.2) is 17.5 Å². The highest BCUT2D eigenvalue weighted by Crippen LogP contribution is 2.39. The van der Waals surface area contributed by atoms with Gasteiger partial charge in [-0.3, -0.25) is 0 Å². The molecule has 0 aliphatic rings. The van der Waals surface area contributed by atoms with Crippen LogP contribution in [-0.2, 0) is 0 Å². The van der Waals surface area contributed by atoms with Crippen molar-refractivity contribution in [2.75, 3.05) is 0 Å². The highest BCUT2D eigenvalue weighted by atomic mass is 32.1. The molecule has 6 heteroatoms. The predicted octanol–water partition coefficient (Wildman–Crippen LogP) is 12.7. The lowest BCUT2D eigenvalue weighted by molar-refractivity contribution is 1.07. The zero-order chi connectivity index (χ0) is 33.5. The maximum Gasteiger partial charge on any atom is 0.164 e. The standard InChI is InChI=1S/C45H26N4S2/c1-5-16-37-31(12-1)32-13-2-6-17-38(32)49(37)30-11-9-10-27(24-30)43-46-44(28-20-22-35-33-14-3-7-18-39(33)50-41(35)25-28)48-45(47-43)29-21-23-36-34-15-4-8-19-40(34)51-42(36)26-29/h1-26H. The maximum absolute atomic E-state index is 5.18. The Hall–Kier alpha value is -6.21. The molecule has 0 atom stereocenters. The minimum atomic E-state index is 0.644. The normalized spacial score (nSPS) is 11.9. The Morgan fingerprint density at radius 1 is 0.333 bits per heavy atom. The van der Waals surface area contributed by atoms with Gasteiger partial charge in [-0.05, 0) is 48.5 Å². The number of hydrogen-bond acceptors (Lipinski definition) is 5. The molecule has 0 aliphatic carbocycles. The number of fused-ring (bicyclic) bond motifs is 9. The van der Waals surface area contributed by atoms with E-state index in [9.17, 15) is 0 Å². The smallest absolute Gasteiger partial charge is 0.164 e. The number of benzene rings is 7. The number of thiophene rings is 2. The van der Waals surface area contributed by atoms with Gasteiger partial charge in [-0.25, -0.2) is 15.0 Å². The molecule has 0 amide bonds. The second kappa shape index (κ2) is 11.2. The average molecular weight is 687 g/mol. The molecule has 4 aromatic heterocycles. The fourth-order valence-electron chi connectivity index (χ4n) is 7.48. The second-order valence-corrected chi connectivity index (χ2v) is 15.0. The van der Waals surface area contributed by atoms with Crippen LogP contribution in [0.1, 0.15) is 0 Å². The molecule has 4 heterocycles. The Labute approximate surface area is 300 Å². The van der Waals surface area contributed by atoms with E-state index in [2.05, 4.69) is 162 Å². The fraction of sp³-hybridized carbons (Fsp3) is 0. The van der Waals surface area contributed by atoms with Crippen molar-refractivity contribution < 1.29 is 0 Å². The first-order valence-electron chi connectivity index (χ1n) is 16.9. The van der Waals surface area contributed by atoms with Gasteiger partial charge in [0.05, 0.1) is 11.0 Å². The molecular weight excluding hydrogens is 661 g/mol. The zero-order valence-electron chi connectivity index (χ0n) is 27.1. The Morgan fingerprint density at radius 3 is 1.29 bits per heavy atom. The molecule has 0 unspecified atom stereocenters. The van der Waals surface area contributed by atoms with E-state index >= 15 is 0 Å². The van der Waals surface area contributed by atoms with Crippen molar-refractivity contribution in [1.29, 1.82) is 0 Å². The molecule has 0 spiro atoms. The van der Waals surface area contributed by atoms with E-state index in [1.165, 1.54) is 62.2 Å². The van der Waals surface area contributed by atoms with Crippen LogP contribution in [0.15, 0.2) is 158 Å². The first kappa shape index (κ1) is 28.6. The summed E-state index contributed by atoms with van der Waals surface area (Å²) >= 11 is 3.61. The number of nitrogens with zero attached hydrogens (tertiary/aromatic N) is 4. The summed E-state index contributed by atoms with van der Waals surface area (Å²) in [6.07, 6.45) is 0. The molecule has 4 nitrogen and oxygen atoms in total. The molecule has 0 saturated heterocycles. The van der Waals surface area contributed by atoms with E-state index in [-0.39, 0.29) is 0 Å². The highest BCUT2D eigenvalue weighted by Gasteiger charge is 2.17. The van der Waals surface area contributed by atoms with E-state index in [0.29, 0.717) is 17.5 Å². The molecule has 11 aromatic rings. The van der Waals surface area contributed by atoms with Gasteiger partial charge in [0, 0.05) is 73.5 Å². The van der Waals surface area contributed by atoms with Crippen LogP contribution in [0.25, 0.3) is 102 Å². The van der Waals surface area contributed by atoms with Crippen molar-refractivity contribution in [2.45, 2.75) is 0 Å². The van der Waals surface area contributed by atoms with E-state index in [1.807, 2.05) is 0 Å². The second-order valence-electron chi connectivity index (χ2n) is 12.8. The molecule has 0 aliphatic heterocycles. The van der Waals surface area contributed by atoms with Gasteiger partial charge in [0.25, 0.3) is 0 Å². The molecule has 7 aromatic carbocycles. The van der Waals surface area contributed by atoms with Crippen LogP contribution in [-0.4, -0.2) is 19.5 Å². The lowest BCUT2D eigenvalue weighted by atomic mass is 10.1. The SMILES string of the molecule is c1cc(-c2nc(-c3ccc4c(c3)sc3ccccc34)nc(-c3ccc4c(c3)sc3ccccc34)n2)cc(-n2c3ccccc3c3ccccc32)c1. The Kier molecular flexibility index (Phi) is 6.26. The molecule has 0 saturated carbocycles. The Bertz CT molecular complexity index is 2980. The fourth-order valence-corrected chi connectivity index (χ4v) is 9.77. The van der Waals surface area contributed by atoms with Gasteiger partial charge in [-0.15, -0.1) is 22.7 Å². The summed E-state index contributed by atoms with van der Waals surface area (Å²) < 4.78 is 7.33. The van der Waals surface area contributed by atoms with E-state index in [0.717, 1.165) is 22.4 Å². The number of para-hydroxylation sites is 2. The molecule has 0 bridgehead atoms. The Morgan fingerprint density at radius 2 is 0.765 bits per heavy atom. The maximum atomic E-state index is 5.18. The monoisotopic (exact) mass is 686 g/mol. The van der Waals surface area contributed by atoms with Crippen LogP contribution >= 0.6 is 22.7 Å². The summed E-state index contributed by atoms with van der Waals surface area (Å²) in [5.41, 5.74) is 6.28. The topological polar surface area (TPSA) is 43.6 Å². The van der Waals surface area contributed by atoms with Gasteiger partial charge in [-0.1, -0.05) is 109 Å². The lowest BCUT2D eigenvalue weighted by Gasteiger charge is -2.11. The first-order chi connectivity index (χ1) is 25.2. The minimum absolute atomic E-state index is 0.644. The number of rotatable bonds is 4. The minimum Gasteiger partial charge on any atom is -0.309 e. The molecule has 51 heavy (non-hydrogen) atoms. The highest BCUT2D eigenvalue weighted by molar-refractivity contribution is 7.26. The van der Waals surface area contributed by atoms with Crippen molar-refractivity contribution >= 4 is 84.8 Å². The Balaban J connectivity index is 1.12. The average Bonchev–Trinajstić information content (AvgIpc) is 3.86. The molecule has 11 rings (SSSR count). The van der Waals surface area contributed by atoms with Gasteiger partial charge >= 0.3 is 0 Å². The molecule has 238 valence electrons. The summed E-state index contributed by atoms with van der Waals surface area (Å²) in [5.74, 6) is 1.96. The van der Waals surface area contributed by atoms with Crippen molar-refractivity contribution in [2.24, 2.45) is 0 Å². The van der Waals surface area contributed by atoms with Crippen molar-refractivity contribution in [1.82, 2.24) is 19.5 Å². The number of aromatic nitrogens is 4. The predicted molar refractivity (Wildman–Crippen MR) is 216 cm³/mol. The third-order valence-corrected chi connectivity index (χ3v) is 12.1. The summed E-state index contributed by atoms with van der Waals surface area (Å²) in [6.45, 7) is 0. The van der Waals surface area contributed by atoms with Crippen molar-refractivity contribution in [3.05, 3.63) is 158 Å². The third kappa shape index (κ3) is 4.54. The van der Waals surface area contributed by atoms with Gasteiger partial charge in [-0.2, -0.15) is 0 Å². The van der Waals surface area contributed by atoms with E-state index < -0.39 is 0 Å². The van der Waals surface area contributed by atoms with E-state index in [4.69, 9.17) is 15.0 Å². The van der Waals surface area contributed by atoms with Gasteiger partial charge < -0.3 is 4.57 Å². The van der Waals surface area contributed by atoms with Gasteiger partial charge in [0.1, 0.15) is 0 Å². The largest absolute Gasteiger partial charge is 0.309 e. The lowest BCUT2D eigenvalue weighted by Crippen LogP contribution is -2.01. The number of hydrogen-bond donors (Lipinski definition) is 0. The quantitative estimate of drug-likeness (QED) is 0.185. The first-order valence-corrected chi connectivity index (χ1v) is 18.6. The van der Waals surface area contributed by atoms with Gasteiger partial charge in [0.2, 0.25) is 0 Å². The summed E-state index contributed by atoms with van der Waals surface area (Å²) in [4.78, 5) is 15.5. The van der Waals surface area contributed by atoms with Crippen LogP contribution < -0.4 is 0 Å². The summed E-state index contributed by atoms with van der Waals surface area (Å²) in [7, 11) is 0. The molecule has 0 N–H and O–H groups in total. The molecular formula is C45H26N4S2. The zero-order valence-corrected chi connectivity index (χ0v) is 28.7. The summed E-state index contributed by atoms with van der Waals surface area (Å²) in [5, 5.41) is 7.53. The van der Waals surface area contributed by atoms with Crippen LogP contribution in [0.4, 0.5) is 0 Å². The van der Waals surface area contributed by atoms with Crippen molar-refractivity contribution in [3.8, 4) is 39.9 Å².